The molecule has 0 saturated carbocycles. The minimum absolute atomic E-state index is 0. The van der Waals surface area contributed by atoms with Gasteiger partial charge in [-0.1, -0.05) is 0 Å². The van der Waals surface area contributed by atoms with E-state index in [0.29, 0.717) is 23.8 Å². The van der Waals surface area contributed by atoms with E-state index in [1.165, 1.54) is 0 Å². The van der Waals surface area contributed by atoms with Crippen LogP contribution in [0, 0.1) is 0 Å². The summed E-state index contributed by atoms with van der Waals surface area (Å²) < 4.78 is 78.0. The van der Waals surface area contributed by atoms with Crippen LogP contribution in [0.4, 0.5) is 58.3 Å². The fraction of sp³-hybridized carbons (Fsp3) is 0.111. The van der Waals surface area contributed by atoms with E-state index in [4.69, 9.17) is 33.1 Å². The Kier molecular flexibility index (Phi) is 42.1. The van der Waals surface area contributed by atoms with Crippen LogP contribution in [0.1, 0.15) is 0 Å². The van der Waals surface area contributed by atoms with Crippen LogP contribution in [0.3, 0.4) is 0 Å². The van der Waals surface area contributed by atoms with Crippen molar-refractivity contribution in [3.05, 3.63) is 73.8 Å². The van der Waals surface area contributed by atoms with Gasteiger partial charge in [0.15, 0.2) is 0 Å². The topological polar surface area (TPSA) is 253 Å². The summed E-state index contributed by atoms with van der Waals surface area (Å²) in [5.74, 6) is 1.29. The van der Waals surface area contributed by atoms with Gasteiger partial charge in [-0.2, -0.15) is 14.2 Å². The first kappa shape index (κ1) is 52.6. The van der Waals surface area contributed by atoms with Gasteiger partial charge in [0, 0.05) is 49.6 Å². The van der Waals surface area contributed by atoms with Crippen LogP contribution in [-0.4, -0.2) is 68.6 Å². The van der Waals surface area contributed by atoms with Gasteiger partial charge in [0.25, 0.3) is 0 Å². The molecule has 0 aliphatic heterocycles. The smallest absolute Gasteiger partial charge is 0.857 e. The number of nitrogens with zero attached hydrogens (tertiary/aromatic N) is 8. The largest absolute Gasteiger partial charge is 2.00 e. The van der Waals surface area contributed by atoms with Gasteiger partial charge in [-0.15, -0.1) is 0 Å². The molecule has 4 aromatic heterocycles. The van der Waals surface area contributed by atoms with E-state index in [-0.39, 0.29) is 33.0 Å². The molecule has 0 spiro atoms. The summed E-state index contributed by atoms with van der Waals surface area (Å²) >= 11 is 0. The van der Waals surface area contributed by atoms with Gasteiger partial charge >= 0.3 is 47.5 Å². The summed E-state index contributed by atoms with van der Waals surface area (Å²) in [5, 5.41) is 16.5. The average molecular weight is 733 g/mol. The molecule has 0 fully saturated rings. The number of hydrogen-bond donors (Lipinski definition) is 4. The van der Waals surface area contributed by atoms with Gasteiger partial charge < -0.3 is 67.7 Å². The Morgan fingerprint density at radius 2 is 0.477 bits per heavy atom. The van der Waals surface area contributed by atoms with Gasteiger partial charge in [-0.05, 0) is 24.3 Å². The molecule has 252 valence electrons. The van der Waals surface area contributed by atoms with E-state index in [2.05, 4.69) is 39.9 Å². The fourth-order valence-electron chi connectivity index (χ4n) is 1.24. The van der Waals surface area contributed by atoms with Gasteiger partial charge in [0.05, 0.1) is 0 Å². The number of halogens is 8. The number of hydrogen-bond acceptors (Lipinski definition) is 14. The average Bonchev–Trinajstić information content (AvgIpc) is 2.92. The Morgan fingerprint density at radius 3 is 0.523 bits per heavy atom. The second-order valence-corrected chi connectivity index (χ2v) is 5.42. The first-order valence-electron chi connectivity index (χ1n) is 10.2. The van der Waals surface area contributed by atoms with E-state index in [1.807, 2.05) is 0 Å². The van der Waals surface area contributed by atoms with E-state index in [9.17, 15) is 34.5 Å². The molecule has 0 aromatic carbocycles. The maximum Gasteiger partial charge on any atom is 2.00 e. The van der Waals surface area contributed by atoms with Crippen LogP contribution in [0.5, 0.6) is 0 Å². The van der Waals surface area contributed by atoms with E-state index >= 15 is 0 Å². The number of aromatic nitrogens is 8. The molecule has 0 atom stereocenters. The van der Waals surface area contributed by atoms with Crippen molar-refractivity contribution in [2.75, 3.05) is 37.2 Å². The van der Waals surface area contributed by atoms with Crippen LogP contribution in [-0.2, 0) is 33.0 Å². The SMILES string of the molecule is C[O-].C[O-].F[B-](F)(F)F.F[B-](F)(F)F.Nc1ncccn1.Nc1ncccn1.Nc1ncccn1.Nc1ncccn1.[Ni+2].[Ni+2]. The molecule has 14 nitrogen and oxygen atoms in total. The number of nitrogens with two attached hydrogens (primary N) is 4. The second kappa shape index (κ2) is 35.2. The Bertz CT molecular complexity index is 906. The molecular formula is C18H26B2F8N12Ni2O2. The van der Waals surface area contributed by atoms with Crippen molar-refractivity contribution in [2.24, 2.45) is 0 Å². The monoisotopic (exact) mass is 732 g/mol. The maximum atomic E-state index is 9.75. The summed E-state index contributed by atoms with van der Waals surface area (Å²) in [6.45, 7) is 0. The van der Waals surface area contributed by atoms with Crippen molar-refractivity contribution < 1.29 is 77.7 Å². The molecule has 4 heterocycles. The standard InChI is InChI=1S/4C4H5N3.2CH3O.2BF4.2Ni/c4*5-4-6-2-1-3-7-4;2*1-2;2*2-1(3,4)5;;/h4*1-3H,(H2,5,6,7);2*1H3;;;;/q;;;;4*-1;2*+2. The molecule has 0 unspecified atom stereocenters. The molecule has 4 aromatic rings. The molecule has 4 rings (SSSR count). The minimum atomic E-state index is -6.00. The van der Waals surface area contributed by atoms with Crippen molar-refractivity contribution in [1.29, 1.82) is 0 Å². The van der Waals surface area contributed by atoms with Gasteiger partial charge in [0.2, 0.25) is 23.8 Å². The van der Waals surface area contributed by atoms with Crippen LogP contribution in [0.2, 0.25) is 0 Å². The molecule has 0 aliphatic rings. The van der Waals surface area contributed by atoms with Gasteiger partial charge in [-0.3, -0.25) is 0 Å². The molecule has 0 radical (unpaired) electrons. The maximum absolute atomic E-state index is 9.75. The molecule has 8 N–H and O–H groups in total. The van der Waals surface area contributed by atoms with Gasteiger partial charge in [-0.25, -0.2) is 39.9 Å². The minimum Gasteiger partial charge on any atom is -0.857 e. The Labute approximate surface area is 266 Å². The first-order chi connectivity index (χ1) is 19.6. The molecule has 0 aliphatic carbocycles. The summed E-state index contributed by atoms with van der Waals surface area (Å²) in [4.78, 5) is 29.2. The van der Waals surface area contributed by atoms with Crippen molar-refractivity contribution >= 4 is 38.3 Å². The Balaban J connectivity index is -0.0000000959. The molecular weight excluding hydrogens is 707 g/mol. The second-order valence-electron chi connectivity index (χ2n) is 5.42. The third-order valence-electron chi connectivity index (χ3n) is 2.34. The van der Waals surface area contributed by atoms with Crippen LogP contribution < -0.4 is 33.1 Å². The Hall–Kier alpha value is -4.00. The molecule has 0 saturated heterocycles. The van der Waals surface area contributed by atoms with Crippen molar-refractivity contribution in [3.63, 3.8) is 0 Å². The van der Waals surface area contributed by atoms with Crippen LogP contribution in [0.25, 0.3) is 0 Å². The molecule has 44 heavy (non-hydrogen) atoms. The first-order valence-corrected chi connectivity index (χ1v) is 10.2. The fourth-order valence-corrected chi connectivity index (χ4v) is 1.24. The van der Waals surface area contributed by atoms with E-state index in [1.54, 1.807) is 73.8 Å². The summed E-state index contributed by atoms with van der Waals surface area (Å²) in [6.07, 6.45) is 12.8. The third kappa shape index (κ3) is 66.4. The molecule has 0 amide bonds. The predicted molar refractivity (Wildman–Crippen MR) is 138 cm³/mol. The summed E-state index contributed by atoms with van der Waals surface area (Å²) in [6, 6.07) is 6.87. The van der Waals surface area contributed by atoms with Gasteiger partial charge in [0.1, 0.15) is 0 Å². The zero-order valence-electron chi connectivity index (χ0n) is 22.4. The van der Waals surface area contributed by atoms with Crippen LogP contribution in [0.15, 0.2) is 73.8 Å². The zero-order chi connectivity index (χ0) is 33.5. The summed E-state index contributed by atoms with van der Waals surface area (Å²) in [5.41, 5.74) is 20.5. The number of anilines is 4. The predicted octanol–water partition coefficient (Wildman–Crippen LogP) is 0.783. The normalized spacial score (nSPS) is 8.45. The van der Waals surface area contributed by atoms with Crippen molar-refractivity contribution in [3.8, 4) is 0 Å². The Morgan fingerprint density at radius 1 is 0.386 bits per heavy atom. The number of nitrogen functional groups attached to an aromatic ring is 4. The van der Waals surface area contributed by atoms with E-state index in [0.717, 1.165) is 14.2 Å². The third-order valence-corrected chi connectivity index (χ3v) is 2.34. The molecule has 0 bridgehead atoms. The zero-order valence-corrected chi connectivity index (χ0v) is 24.4. The molecule has 26 heteroatoms. The van der Waals surface area contributed by atoms with Crippen LogP contribution >= 0.6 is 0 Å². The summed E-state index contributed by atoms with van der Waals surface area (Å²) in [7, 11) is -10.5. The quantitative estimate of drug-likeness (QED) is 0.144. The van der Waals surface area contributed by atoms with Crippen molar-refractivity contribution in [1.82, 2.24) is 39.9 Å². The van der Waals surface area contributed by atoms with Crippen molar-refractivity contribution in [2.45, 2.75) is 0 Å². The number of rotatable bonds is 0. The van der Waals surface area contributed by atoms with E-state index < -0.39 is 14.5 Å².